The molecule has 0 radical (unpaired) electrons. The molecule has 1 aromatic carbocycles. The summed E-state index contributed by atoms with van der Waals surface area (Å²) in [4.78, 5) is 22.8. The molecule has 7 nitrogen and oxygen atoms in total. The predicted octanol–water partition coefficient (Wildman–Crippen LogP) is 2.76. The van der Waals surface area contributed by atoms with E-state index in [1.165, 1.54) is 17.7 Å². The van der Waals surface area contributed by atoms with E-state index in [0.29, 0.717) is 31.1 Å². The van der Waals surface area contributed by atoms with Gasteiger partial charge in [0.15, 0.2) is 0 Å². The minimum Gasteiger partial charge on any atom is -0.374 e. The first kappa shape index (κ1) is 18.2. The number of aryl methyl sites for hydroxylation is 2. The number of fused-ring (bicyclic) bond motifs is 1. The van der Waals surface area contributed by atoms with E-state index >= 15 is 0 Å². The number of carbonyl (C=O) groups is 1. The maximum absolute atomic E-state index is 12.2. The number of pyridine rings is 1. The Kier molecular flexibility index (Phi) is 5.32. The summed E-state index contributed by atoms with van der Waals surface area (Å²) in [5.74, 6) is 0.907. The number of amides is 1. The zero-order valence-corrected chi connectivity index (χ0v) is 15.9. The first-order valence-corrected chi connectivity index (χ1v) is 9.51. The van der Waals surface area contributed by atoms with Crippen LogP contribution in [0, 0.1) is 0 Å². The molecule has 4 rings (SSSR count). The molecule has 0 aliphatic carbocycles. The molecule has 0 fully saturated rings. The van der Waals surface area contributed by atoms with Crippen molar-refractivity contribution in [3.8, 4) is 11.4 Å². The van der Waals surface area contributed by atoms with E-state index in [4.69, 9.17) is 4.52 Å². The largest absolute Gasteiger partial charge is 0.374 e. The standard InChI is InChI=1S/C21H23N5O2/c1-26-11-3-5-16-12-15(6-7-18(16)26)13-23-19(27)8-9-20-24-21(25-28-20)17-4-2-10-22-14-17/h2,4,6-7,10,12,14H,3,5,8-9,11,13H2,1H3,(H,23,27). The van der Waals surface area contributed by atoms with Crippen LogP contribution in [-0.4, -0.2) is 34.6 Å². The maximum Gasteiger partial charge on any atom is 0.227 e. The molecule has 7 heteroatoms. The molecule has 0 unspecified atom stereocenters. The number of carbonyl (C=O) groups excluding carboxylic acids is 1. The highest BCUT2D eigenvalue weighted by atomic mass is 16.5. The molecular formula is C21H23N5O2. The van der Waals surface area contributed by atoms with Crippen LogP contribution in [0.4, 0.5) is 5.69 Å². The number of anilines is 1. The third-order valence-corrected chi connectivity index (χ3v) is 4.94. The second kappa shape index (κ2) is 8.21. The van der Waals surface area contributed by atoms with Crippen LogP contribution in [-0.2, 0) is 24.2 Å². The van der Waals surface area contributed by atoms with E-state index in [9.17, 15) is 4.79 Å². The van der Waals surface area contributed by atoms with Crippen molar-refractivity contribution in [2.24, 2.45) is 0 Å². The normalized spacial score (nSPS) is 13.2. The van der Waals surface area contributed by atoms with Crippen LogP contribution in [0.3, 0.4) is 0 Å². The lowest BCUT2D eigenvalue weighted by atomic mass is 9.99. The van der Waals surface area contributed by atoms with Crippen LogP contribution in [0.1, 0.15) is 29.9 Å². The van der Waals surface area contributed by atoms with Crippen molar-refractivity contribution < 1.29 is 9.32 Å². The van der Waals surface area contributed by atoms with Crippen LogP contribution in [0.15, 0.2) is 47.2 Å². The van der Waals surface area contributed by atoms with Crippen molar-refractivity contribution in [3.63, 3.8) is 0 Å². The lowest BCUT2D eigenvalue weighted by molar-refractivity contribution is -0.121. The van der Waals surface area contributed by atoms with Crippen LogP contribution in [0.2, 0.25) is 0 Å². The average Bonchev–Trinajstić information content (AvgIpc) is 3.21. The van der Waals surface area contributed by atoms with Crippen LogP contribution in [0.5, 0.6) is 0 Å². The molecule has 3 aromatic rings. The fourth-order valence-electron chi connectivity index (χ4n) is 3.43. The van der Waals surface area contributed by atoms with Gasteiger partial charge in [0.2, 0.25) is 17.6 Å². The summed E-state index contributed by atoms with van der Waals surface area (Å²) in [6, 6.07) is 10.1. The number of nitrogens with zero attached hydrogens (tertiary/aromatic N) is 4. The van der Waals surface area contributed by atoms with Crippen LogP contribution >= 0.6 is 0 Å². The van der Waals surface area contributed by atoms with E-state index in [2.05, 4.69) is 50.6 Å². The summed E-state index contributed by atoms with van der Waals surface area (Å²) in [6.45, 7) is 1.63. The van der Waals surface area contributed by atoms with Gasteiger partial charge in [0.25, 0.3) is 0 Å². The second-order valence-electron chi connectivity index (χ2n) is 7.02. The second-order valence-corrected chi connectivity index (χ2v) is 7.02. The Bertz CT molecular complexity index is 954. The Balaban J connectivity index is 1.28. The predicted molar refractivity (Wildman–Crippen MR) is 106 cm³/mol. The third-order valence-electron chi connectivity index (χ3n) is 4.94. The van der Waals surface area contributed by atoms with Gasteiger partial charge in [0, 0.05) is 56.6 Å². The first-order valence-electron chi connectivity index (χ1n) is 9.51. The van der Waals surface area contributed by atoms with Crippen molar-refractivity contribution in [1.82, 2.24) is 20.4 Å². The molecule has 2 aromatic heterocycles. The lowest BCUT2D eigenvalue weighted by Gasteiger charge is -2.27. The minimum absolute atomic E-state index is 0.0315. The van der Waals surface area contributed by atoms with Crippen molar-refractivity contribution >= 4 is 11.6 Å². The van der Waals surface area contributed by atoms with Crippen molar-refractivity contribution in [1.29, 1.82) is 0 Å². The topological polar surface area (TPSA) is 84.2 Å². The summed E-state index contributed by atoms with van der Waals surface area (Å²) < 4.78 is 5.23. The third kappa shape index (κ3) is 4.19. The Morgan fingerprint density at radius 1 is 1.32 bits per heavy atom. The fraction of sp³-hybridized carbons (Fsp3) is 0.333. The lowest BCUT2D eigenvalue weighted by Crippen LogP contribution is -2.26. The Labute approximate surface area is 163 Å². The quantitative estimate of drug-likeness (QED) is 0.711. The first-order chi connectivity index (χ1) is 13.7. The van der Waals surface area contributed by atoms with Crippen LogP contribution in [0.25, 0.3) is 11.4 Å². The van der Waals surface area contributed by atoms with Crippen molar-refractivity contribution in [2.75, 3.05) is 18.5 Å². The SMILES string of the molecule is CN1CCCc2cc(CNC(=O)CCc3nc(-c4cccnc4)no3)ccc21. The number of hydrogen-bond acceptors (Lipinski definition) is 6. The molecule has 1 amide bonds. The van der Waals surface area contributed by atoms with Gasteiger partial charge < -0.3 is 14.7 Å². The van der Waals surface area contributed by atoms with Crippen molar-refractivity contribution in [2.45, 2.75) is 32.2 Å². The fourth-order valence-corrected chi connectivity index (χ4v) is 3.43. The molecule has 1 aliphatic rings. The Morgan fingerprint density at radius 2 is 2.25 bits per heavy atom. The zero-order chi connectivity index (χ0) is 19.3. The molecular weight excluding hydrogens is 354 g/mol. The molecule has 144 valence electrons. The highest BCUT2D eigenvalue weighted by Crippen LogP contribution is 2.26. The molecule has 1 aliphatic heterocycles. The number of nitrogens with one attached hydrogen (secondary N) is 1. The number of hydrogen-bond donors (Lipinski definition) is 1. The molecule has 0 spiro atoms. The molecule has 0 bridgehead atoms. The highest BCUT2D eigenvalue weighted by molar-refractivity contribution is 5.76. The molecule has 0 saturated carbocycles. The van der Waals surface area contributed by atoms with Gasteiger partial charge in [-0.1, -0.05) is 17.3 Å². The molecule has 0 saturated heterocycles. The Hall–Kier alpha value is -3.22. The summed E-state index contributed by atoms with van der Waals surface area (Å²) in [5, 5.41) is 6.92. The number of rotatable bonds is 6. The minimum atomic E-state index is -0.0315. The van der Waals surface area contributed by atoms with E-state index in [1.807, 2.05) is 12.1 Å². The number of aromatic nitrogens is 3. The number of benzene rings is 1. The maximum atomic E-state index is 12.2. The Morgan fingerprint density at radius 3 is 3.11 bits per heavy atom. The van der Waals surface area contributed by atoms with E-state index < -0.39 is 0 Å². The molecule has 1 N–H and O–H groups in total. The van der Waals surface area contributed by atoms with Crippen LogP contribution < -0.4 is 10.2 Å². The monoisotopic (exact) mass is 377 g/mol. The van der Waals surface area contributed by atoms with Gasteiger partial charge >= 0.3 is 0 Å². The smallest absolute Gasteiger partial charge is 0.227 e. The highest BCUT2D eigenvalue weighted by Gasteiger charge is 2.14. The van der Waals surface area contributed by atoms with E-state index in [-0.39, 0.29) is 5.91 Å². The molecule has 3 heterocycles. The van der Waals surface area contributed by atoms with Gasteiger partial charge in [-0.05, 0) is 42.2 Å². The summed E-state index contributed by atoms with van der Waals surface area (Å²) in [7, 11) is 2.12. The van der Waals surface area contributed by atoms with Gasteiger partial charge in [-0.25, -0.2) is 0 Å². The summed E-state index contributed by atoms with van der Waals surface area (Å²) >= 11 is 0. The van der Waals surface area contributed by atoms with Gasteiger partial charge in [0.05, 0.1) is 0 Å². The summed E-state index contributed by atoms with van der Waals surface area (Å²) in [5.41, 5.74) is 4.57. The van der Waals surface area contributed by atoms with E-state index in [1.54, 1.807) is 12.4 Å². The summed E-state index contributed by atoms with van der Waals surface area (Å²) in [6.07, 6.45) is 6.35. The molecule has 28 heavy (non-hydrogen) atoms. The van der Waals surface area contributed by atoms with Gasteiger partial charge in [-0.15, -0.1) is 0 Å². The van der Waals surface area contributed by atoms with E-state index in [0.717, 1.165) is 24.1 Å². The van der Waals surface area contributed by atoms with Crippen molar-refractivity contribution in [3.05, 3.63) is 59.7 Å². The van der Waals surface area contributed by atoms with Gasteiger partial charge in [-0.2, -0.15) is 4.98 Å². The van der Waals surface area contributed by atoms with Gasteiger partial charge in [-0.3, -0.25) is 9.78 Å². The molecule has 0 atom stereocenters. The average molecular weight is 377 g/mol. The van der Waals surface area contributed by atoms with Gasteiger partial charge in [0.1, 0.15) is 0 Å². The zero-order valence-electron chi connectivity index (χ0n) is 15.9.